The molecule has 0 aliphatic carbocycles. The summed E-state index contributed by atoms with van der Waals surface area (Å²) in [7, 11) is 0. The summed E-state index contributed by atoms with van der Waals surface area (Å²) in [6, 6.07) is 9.88. The van der Waals surface area contributed by atoms with E-state index < -0.39 is 0 Å². The van der Waals surface area contributed by atoms with Gasteiger partial charge in [-0.2, -0.15) is 0 Å². The van der Waals surface area contributed by atoms with Crippen molar-refractivity contribution >= 4 is 29.3 Å². The maximum absolute atomic E-state index is 12.5. The summed E-state index contributed by atoms with van der Waals surface area (Å²) in [5, 5.41) is 3.86. The summed E-state index contributed by atoms with van der Waals surface area (Å²) in [4.78, 5) is 21.0. The van der Waals surface area contributed by atoms with E-state index in [-0.39, 0.29) is 5.91 Å². The third-order valence-electron chi connectivity index (χ3n) is 5.05. The van der Waals surface area contributed by atoms with Gasteiger partial charge in [0.15, 0.2) is 0 Å². The molecule has 130 valence electrons. The Morgan fingerprint density at radius 3 is 2.60 bits per heavy atom. The molecule has 0 unspecified atom stereocenters. The van der Waals surface area contributed by atoms with Crippen LogP contribution in [0.25, 0.3) is 0 Å². The minimum atomic E-state index is 0.0252. The van der Waals surface area contributed by atoms with Gasteiger partial charge in [0.2, 0.25) is 0 Å². The van der Waals surface area contributed by atoms with Crippen LogP contribution in [0.5, 0.6) is 0 Å². The van der Waals surface area contributed by atoms with Crippen molar-refractivity contribution in [2.75, 3.05) is 19.6 Å². The Morgan fingerprint density at radius 1 is 1.20 bits per heavy atom. The lowest BCUT2D eigenvalue weighted by molar-refractivity contribution is 0.0620. The average Bonchev–Trinajstić information content (AvgIpc) is 2.65. The number of benzene rings is 1. The van der Waals surface area contributed by atoms with E-state index in [2.05, 4.69) is 15.2 Å². The molecule has 5 rings (SSSR count). The standard InChI is InChI=1S/C19H20ClN3OS/c20-16-11-21-8-5-18(16)25-15-3-1-14(2-4-15)19(24)22-17-12-23-9-6-13(17)7-10-23/h1-5,8,11,13,17H,6-7,9-10,12H2,(H,22,24)/t17-/m0/s1. The minimum Gasteiger partial charge on any atom is -0.348 e. The van der Waals surface area contributed by atoms with E-state index in [9.17, 15) is 4.79 Å². The molecule has 3 saturated heterocycles. The van der Waals surface area contributed by atoms with E-state index in [1.165, 1.54) is 25.9 Å². The lowest BCUT2D eigenvalue weighted by Crippen LogP contribution is -2.57. The highest BCUT2D eigenvalue weighted by molar-refractivity contribution is 7.99. The molecule has 1 N–H and O–H groups in total. The van der Waals surface area contributed by atoms with Gasteiger partial charge in [-0.1, -0.05) is 23.4 Å². The van der Waals surface area contributed by atoms with E-state index in [1.807, 2.05) is 30.3 Å². The Labute approximate surface area is 157 Å². The number of hydrogen-bond acceptors (Lipinski definition) is 4. The molecule has 0 radical (unpaired) electrons. The Morgan fingerprint density at radius 2 is 1.96 bits per heavy atom. The van der Waals surface area contributed by atoms with Crippen LogP contribution in [0.2, 0.25) is 5.02 Å². The molecule has 1 atom stereocenters. The number of piperidine rings is 3. The smallest absolute Gasteiger partial charge is 0.251 e. The van der Waals surface area contributed by atoms with Crippen LogP contribution in [0.1, 0.15) is 23.2 Å². The van der Waals surface area contributed by atoms with Crippen LogP contribution >= 0.6 is 23.4 Å². The van der Waals surface area contributed by atoms with Crippen molar-refractivity contribution in [3.8, 4) is 0 Å². The summed E-state index contributed by atoms with van der Waals surface area (Å²) in [5.74, 6) is 0.662. The Kier molecular flexibility index (Phi) is 4.97. The molecule has 4 nitrogen and oxygen atoms in total. The molecule has 1 aromatic heterocycles. The molecule has 0 spiro atoms. The normalized spacial score (nSPS) is 24.9. The number of nitrogens with one attached hydrogen (secondary N) is 1. The predicted octanol–water partition coefficient (Wildman–Crippen LogP) is 3.71. The number of amides is 1. The third kappa shape index (κ3) is 3.84. The van der Waals surface area contributed by atoms with Gasteiger partial charge in [0.05, 0.1) is 5.02 Å². The summed E-state index contributed by atoms with van der Waals surface area (Å²) < 4.78 is 0. The molecule has 2 aromatic rings. The van der Waals surface area contributed by atoms with Crippen molar-refractivity contribution in [1.82, 2.24) is 15.2 Å². The Hall–Kier alpha value is -1.56. The first kappa shape index (κ1) is 16.9. The molecular formula is C19H20ClN3OS. The number of carbonyl (C=O) groups is 1. The number of rotatable bonds is 4. The molecule has 4 heterocycles. The topological polar surface area (TPSA) is 45.2 Å². The van der Waals surface area contributed by atoms with Crippen LogP contribution < -0.4 is 5.32 Å². The van der Waals surface area contributed by atoms with Crippen molar-refractivity contribution in [1.29, 1.82) is 0 Å². The molecule has 6 heteroatoms. The van der Waals surface area contributed by atoms with E-state index in [1.54, 1.807) is 24.2 Å². The zero-order valence-corrected chi connectivity index (χ0v) is 15.4. The van der Waals surface area contributed by atoms with Crippen molar-refractivity contribution in [3.05, 3.63) is 53.3 Å². The molecule has 25 heavy (non-hydrogen) atoms. The van der Waals surface area contributed by atoms with E-state index >= 15 is 0 Å². The third-order valence-corrected chi connectivity index (χ3v) is 6.55. The Balaban J connectivity index is 1.40. The van der Waals surface area contributed by atoms with Crippen molar-refractivity contribution < 1.29 is 4.79 Å². The second-order valence-electron chi connectivity index (χ2n) is 6.65. The molecule has 1 aromatic carbocycles. The minimum absolute atomic E-state index is 0.0252. The average molecular weight is 374 g/mol. The van der Waals surface area contributed by atoms with Crippen LogP contribution in [0.15, 0.2) is 52.5 Å². The fourth-order valence-electron chi connectivity index (χ4n) is 3.63. The zero-order valence-electron chi connectivity index (χ0n) is 13.8. The van der Waals surface area contributed by atoms with Gasteiger partial charge < -0.3 is 10.2 Å². The fourth-order valence-corrected chi connectivity index (χ4v) is 4.67. The van der Waals surface area contributed by atoms with Gasteiger partial charge in [0.25, 0.3) is 5.91 Å². The van der Waals surface area contributed by atoms with Gasteiger partial charge in [-0.15, -0.1) is 0 Å². The van der Waals surface area contributed by atoms with Crippen LogP contribution in [0, 0.1) is 5.92 Å². The van der Waals surface area contributed by atoms with Crippen molar-refractivity contribution in [3.63, 3.8) is 0 Å². The number of hydrogen-bond donors (Lipinski definition) is 1. The van der Waals surface area contributed by atoms with Crippen molar-refractivity contribution in [2.45, 2.75) is 28.7 Å². The zero-order chi connectivity index (χ0) is 17.2. The number of pyridine rings is 1. The molecule has 0 saturated carbocycles. The lowest BCUT2D eigenvalue weighted by Gasteiger charge is -2.44. The van der Waals surface area contributed by atoms with Gasteiger partial charge in [-0.05, 0) is 62.2 Å². The number of aromatic nitrogens is 1. The van der Waals surface area contributed by atoms with Gasteiger partial charge >= 0.3 is 0 Å². The number of fused-ring (bicyclic) bond motifs is 3. The second-order valence-corrected chi connectivity index (χ2v) is 8.17. The quantitative estimate of drug-likeness (QED) is 0.887. The van der Waals surface area contributed by atoms with Gasteiger partial charge in [0, 0.05) is 40.3 Å². The summed E-state index contributed by atoms with van der Waals surface area (Å²) in [6.45, 7) is 3.35. The Bertz CT molecular complexity index is 760. The highest BCUT2D eigenvalue weighted by Gasteiger charge is 2.34. The maximum atomic E-state index is 12.5. The van der Waals surface area contributed by atoms with Crippen LogP contribution in [0.4, 0.5) is 0 Å². The fraction of sp³-hybridized carbons (Fsp3) is 0.368. The molecule has 2 bridgehead atoms. The van der Waals surface area contributed by atoms with Crippen LogP contribution in [0.3, 0.4) is 0 Å². The second kappa shape index (κ2) is 7.36. The number of carbonyl (C=O) groups excluding carboxylic acids is 1. The molecule has 3 aliphatic heterocycles. The first-order chi connectivity index (χ1) is 12.2. The monoisotopic (exact) mass is 373 g/mol. The first-order valence-electron chi connectivity index (χ1n) is 8.60. The predicted molar refractivity (Wildman–Crippen MR) is 100 cm³/mol. The van der Waals surface area contributed by atoms with Gasteiger partial charge in [0.1, 0.15) is 0 Å². The maximum Gasteiger partial charge on any atom is 0.251 e. The van der Waals surface area contributed by atoms with Crippen LogP contribution in [-0.2, 0) is 0 Å². The highest BCUT2D eigenvalue weighted by Crippen LogP contribution is 2.32. The largest absolute Gasteiger partial charge is 0.348 e. The van der Waals surface area contributed by atoms with Crippen LogP contribution in [-0.4, -0.2) is 41.5 Å². The summed E-state index contributed by atoms with van der Waals surface area (Å²) in [5.41, 5.74) is 0.710. The first-order valence-corrected chi connectivity index (χ1v) is 9.79. The van der Waals surface area contributed by atoms with Gasteiger partial charge in [-0.3, -0.25) is 9.78 Å². The molecule has 3 fully saturated rings. The SMILES string of the molecule is O=C(N[C@H]1CN2CCC1CC2)c1ccc(Sc2ccncc2Cl)cc1. The molecule has 3 aliphatic rings. The summed E-state index contributed by atoms with van der Waals surface area (Å²) >= 11 is 7.71. The lowest BCUT2D eigenvalue weighted by atomic mass is 9.84. The van der Waals surface area contributed by atoms with Crippen molar-refractivity contribution in [2.24, 2.45) is 5.92 Å². The number of halogens is 1. The van der Waals surface area contributed by atoms with E-state index in [0.717, 1.165) is 16.3 Å². The van der Waals surface area contributed by atoms with Gasteiger partial charge in [-0.25, -0.2) is 0 Å². The van der Waals surface area contributed by atoms with E-state index in [4.69, 9.17) is 11.6 Å². The van der Waals surface area contributed by atoms with E-state index in [0.29, 0.717) is 22.5 Å². The molecular weight excluding hydrogens is 354 g/mol. The number of nitrogens with zero attached hydrogens (tertiary/aromatic N) is 2. The molecule has 1 amide bonds. The highest BCUT2D eigenvalue weighted by atomic mass is 35.5. The summed E-state index contributed by atoms with van der Waals surface area (Å²) in [6.07, 6.45) is 5.77.